The van der Waals surface area contributed by atoms with Crippen molar-refractivity contribution in [3.8, 4) is 11.5 Å². The summed E-state index contributed by atoms with van der Waals surface area (Å²) < 4.78 is 11.1. The Labute approximate surface area is 185 Å². The van der Waals surface area contributed by atoms with Crippen molar-refractivity contribution in [3.63, 3.8) is 0 Å². The fourth-order valence-corrected chi connectivity index (χ4v) is 2.99. The highest BCUT2D eigenvalue weighted by Crippen LogP contribution is 2.20. The molecule has 0 aliphatic heterocycles. The van der Waals surface area contributed by atoms with E-state index in [-0.39, 0.29) is 18.6 Å². The van der Waals surface area contributed by atoms with Gasteiger partial charge in [0.2, 0.25) is 5.91 Å². The van der Waals surface area contributed by atoms with Crippen LogP contribution in [0, 0.1) is 6.92 Å². The Morgan fingerprint density at radius 3 is 2.48 bits per heavy atom. The average Bonchev–Trinajstić information content (AvgIpc) is 2.73. The fraction of sp³-hybridized carbons (Fsp3) is 0.417. The van der Waals surface area contributed by atoms with E-state index in [1.807, 2.05) is 57.2 Å². The van der Waals surface area contributed by atoms with E-state index in [4.69, 9.17) is 9.47 Å². The number of rotatable bonds is 10. The molecule has 0 saturated carbocycles. The van der Waals surface area contributed by atoms with Gasteiger partial charge >= 0.3 is 0 Å². The Balaban J connectivity index is 2.05. The summed E-state index contributed by atoms with van der Waals surface area (Å²) in [5, 5.41) is 9.32. The number of ether oxygens (including phenoxy) is 2. The lowest BCUT2D eigenvalue weighted by atomic mass is 10.1. The Morgan fingerprint density at radius 2 is 1.84 bits per heavy atom. The molecule has 7 nitrogen and oxygen atoms in total. The van der Waals surface area contributed by atoms with E-state index < -0.39 is 0 Å². The number of amides is 1. The summed E-state index contributed by atoms with van der Waals surface area (Å²) in [4.78, 5) is 16.3. The number of guanidine groups is 1. The topological polar surface area (TPSA) is 84.0 Å². The molecule has 0 fully saturated rings. The molecular weight excluding hydrogens is 392 g/mol. The second kappa shape index (κ2) is 12.5. The van der Waals surface area contributed by atoms with Crippen LogP contribution in [0.1, 0.15) is 31.9 Å². The van der Waals surface area contributed by atoms with Crippen molar-refractivity contribution in [2.45, 2.75) is 40.2 Å². The first kappa shape index (κ1) is 24.1. The van der Waals surface area contributed by atoms with Crippen LogP contribution in [0.2, 0.25) is 0 Å². The summed E-state index contributed by atoms with van der Waals surface area (Å²) in [6.07, 6.45) is 0.877. The second-order valence-corrected chi connectivity index (χ2v) is 7.43. The summed E-state index contributed by atoms with van der Waals surface area (Å²) in [6, 6.07) is 13.8. The first-order valence-electron chi connectivity index (χ1n) is 10.6. The molecule has 0 aliphatic carbocycles. The molecule has 3 N–H and O–H groups in total. The van der Waals surface area contributed by atoms with Crippen molar-refractivity contribution in [1.82, 2.24) is 10.6 Å². The number of nitrogens with zero attached hydrogens (tertiary/aromatic N) is 1. The van der Waals surface area contributed by atoms with Crippen LogP contribution < -0.4 is 25.4 Å². The van der Waals surface area contributed by atoms with E-state index in [2.05, 4.69) is 33.9 Å². The molecular formula is C24H34N4O3. The van der Waals surface area contributed by atoms with E-state index in [0.29, 0.717) is 19.0 Å². The number of methoxy groups -OCH3 is 1. The average molecular weight is 427 g/mol. The van der Waals surface area contributed by atoms with Gasteiger partial charge in [-0.15, -0.1) is 0 Å². The third kappa shape index (κ3) is 8.58. The molecule has 0 bridgehead atoms. The first-order chi connectivity index (χ1) is 14.9. The molecule has 31 heavy (non-hydrogen) atoms. The number of carbonyl (C=O) groups is 1. The molecule has 168 valence electrons. The lowest BCUT2D eigenvalue weighted by Crippen LogP contribution is -2.34. The number of likely N-dealkylation sites (N-methyl/N-ethyl adjacent to an activating group) is 1. The van der Waals surface area contributed by atoms with Crippen LogP contribution in [0.4, 0.5) is 5.69 Å². The predicted octanol–water partition coefficient (Wildman–Crippen LogP) is 3.53. The van der Waals surface area contributed by atoms with Gasteiger partial charge < -0.3 is 25.4 Å². The molecule has 0 atom stereocenters. The third-order valence-electron chi connectivity index (χ3n) is 4.37. The molecule has 7 heteroatoms. The predicted molar refractivity (Wildman–Crippen MR) is 126 cm³/mol. The minimum absolute atomic E-state index is 0.0471. The van der Waals surface area contributed by atoms with Crippen LogP contribution in [0.5, 0.6) is 11.5 Å². The summed E-state index contributed by atoms with van der Waals surface area (Å²) >= 11 is 0. The minimum Gasteiger partial charge on any atom is -0.496 e. The zero-order chi connectivity index (χ0) is 22.6. The van der Waals surface area contributed by atoms with Crippen molar-refractivity contribution >= 4 is 17.6 Å². The zero-order valence-corrected chi connectivity index (χ0v) is 19.1. The molecule has 0 unspecified atom stereocenters. The van der Waals surface area contributed by atoms with E-state index in [0.717, 1.165) is 29.2 Å². The maximum absolute atomic E-state index is 11.9. The molecule has 2 rings (SSSR count). The number of anilines is 1. The quantitative estimate of drug-likeness (QED) is 0.400. The fourth-order valence-electron chi connectivity index (χ4n) is 2.99. The molecule has 0 aliphatic rings. The van der Waals surface area contributed by atoms with Gasteiger partial charge in [-0.2, -0.15) is 0 Å². The number of nitrogens with one attached hydrogen (secondary N) is 3. The van der Waals surface area contributed by atoms with Crippen molar-refractivity contribution in [2.24, 2.45) is 4.99 Å². The van der Waals surface area contributed by atoms with E-state index in [9.17, 15) is 4.79 Å². The van der Waals surface area contributed by atoms with Crippen molar-refractivity contribution in [3.05, 3.63) is 53.6 Å². The summed E-state index contributed by atoms with van der Waals surface area (Å²) in [5.74, 6) is 2.09. The molecule has 0 aromatic heterocycles. The molecule has 0 saturated heterocycles. The zero-order valence-electron chi connectivity index (χ0n) is 19.1. The third-order valence-corrected chi connectivity index (χ3v) is 4.37. The number of benzene rings is 2. The van der Waals surface area contributed by atoms with Gasteiger partial charge in [0.15, 0.2) is 5.96 Å². The van der Waals surface area contributed by atoms with Crippen LogP contribution in [0.15, 0.2) is 47.5 Å². The van der Waals surface area contributed by atoms with Crippen molar-refractivity contribution < 1.29 is 14.3 Å². The van der Waals surface area contributed by atoms with E-state index in [1.165, 1.54) is 5.56 Å². The van der Waals surface area contributed by atoms with Gasteiger partial charge in [-0.05, 0) is 70.0 Å². The number of hydrogen-bond acceptors (Lipinski definition) is 4. The van der Waals surface area contributed by atoms with Crippen molar-refractivity contribution in [2.75, 3.05) is 32.1 Å². The molecule has 2 aromatic rings. The van der Waals surface area contributed by atoms with Crippen LogP contribution in [-0.2, 0) is 11.2 Å². The maximum atomic E-state index is 11.9. The van der Waals surface area contributed by atoms with Gasteiger partial charge in [-0.25, -0.2) is 4.99 Å². The van der Waals surface area contributed by atoms with Crippen molar-refractivity contribution in [1.29, 1.82) is 0 Å². The van der Waals surface area contributed by atoms with E-state index in [1.54, 1.807) is 7.11 Å². The highest BCUT2D eigenvalue weighted by atomic mass is 16.5. The molecule has 0 radical (unpaired) electrons. The lowest BCUT2D eigenvalue weighted by Gasteiger charge is -2.15. The Morgan fingerprint density at radius 1 is 1.10 bits per heavy atom. The van der Waals surface area contributed by atoms with Gasteiger partial charge in [0.05, 0.1) is 13.2 Å². The highest BCUT2D eigenvalue weighted by Gasteiger charge is 2.07. The lowest BCUT2D eigenvalue weighted by molar-refractivity contribution is -0.119. The van der Waals surface area contributed by atoms with Crippen LogP contribution >= 0.6 is 0 Å². The Hall–Kier alpha value is -3.22. The van der Waals surface area contributed by atoms with Gasteiger partial charge in [0.1, 0.15) is 18.0 Å². The van der Waals surface area contributed by atoms with Gasteiger partial charge in [0, 0.05) is 18.8 Å². The Bertz CT molecular complexity index is 864. The van der Waals surface area contributed by atoms with Gasteiger partial charge in [-0.1, -0.05) is 17.7 Å². The summed E-state index contributed by atoms with van der Waals surface area (Å²) in [5.41, 5.74) is 3.16. The van der Waals surface area contributed by atoms with E-state index >= 15 is 0 Å². The number of carbonyl (C=O) groups excluding carboxylic acids is 1. The summed E-state index contributed by atoms with van der Waals surface area (Å²) in [6.45, 7) is 9.19. The van der Waals surface area contributed by atoms with Gasteiger partial charge in [0.25, 0.3) is 0 Å². The number of hydrogen-bond donors (Lipinski definition) is 3. The standard InChI is InChI=1S/C24H34N4O3/c1-6-25-23(29)16-27-24(28-20-8-10-21(11-9-20)31-17(2)3)26-14-13-19-15-18(4)7-12-22(19)30-5/h7-12,15,17H,6,13-14,16H2,1-5H3,(H,25,29)(H2,26,27,28). The summed E-state index contributed by atoms with van der Waals surface area (Å²) in [7, 11) is 1.68. The monoisotopic (exact) mass is 426 g/mol. The first-order valence-corrected chi connectivity index (χ1v) is 10.6. The Kier molecular flexibility index (Phi) is 9.68. The minimum atomic E-state index is -0.121. The smallest absolute Gasteiger partial charge is 0.241 e. The number of aliphatic imine (C=N–C) groups is 1. The second-order valence-electron chi connectivity index (χ2n) is 7.43. The normalized spacial score (nSPS) is 11.2. The van der Waals surface area contributed by atoms with Gasteiger partial charge in [-0.3, -0.25) is 4.79 Å². The molecule has 0 heterocycles. The highest BCUT2D eigenvalue weighted by molar-refractivity contribution is 5.95. The molecule has 1 amide bonds. The number of aryl methyl sites for hydroxylation is 1. The molecule has 0 spiro atoms. The largest absolute Gasteiger partial charge is 0.496 e. The maximum Gasteiger partial charge on any atom is 0.241 e. The van der Waals surface area contributed by atoms with Crippen LogP contribution in [0.3, 0.4) is 0 Å². The van der Waals surface area contributed by atoms with Crippen LogP contribution in [0.25, 0.3) is 0 Å². The van der Waals surface area contributed by atoms with Crippen LogP contribution in [-0.4, -0.2) is 44.7 Å². The molecule has 2 aromatic carbocycles. The SMILES string of the molecule is CCNC(=O)CN=C(NCCc1cc(C)ccc1OC)Nc1ccc(OC(C)C)cc1.